The number of hydrogen-bond acceptors (Lipinski definition) is 4. The molecule has 0 bridgehead atoms. The van der Waals surface area contributed by atoms with Gasteiger partial charge >= 0.3 is 5.97 Å². The first-order valence-corrected chi connectivity index (χ1v) is 6.02. The number of nitrogens with zero attached hydrogens (tertiary/aromatic N) is 1. The van der Waals surface area contributed by atoms with E-state index in [0.29, 0.717) is 18.7 Å². The summed E-state index contributed by atoms with van der Waals surface area (Å²) in [6.45, 7) is 1.69. The molecule has 0 fully saturated rings. The maximum absolute atomic E-state index is 11.8. The minimum Gasteiger partial charge on any atom is -0.461 e. The molecular formula is C14H18N2O2. The van der Waals surface area contributed by atoms with E-state index in [2.05, 4.69) is 5.32 Å². The first-order valence-electron chi connectivity index (χ1n) is 6.02. The zero-order chi connectivity index (χ0) is 13.0. The van der Waals surface area contributed by atoms with Gasteiger partial charge in [-0.25, -0.2) is 4.79 Å². The summed E-state index contributed by atoms with van der Waals surface area (Å²) in [6, 6.07) is 7.91. The van der Waals surface area contributed by atoms with Crippen molar-refractivity contribution >= 4 is 17.7 Å². The fourth-order valence-corrected chi connectivity index (χ4v) is 1.76. The van der Waals surface area contributed by atoms with Crippen molar-refractivity contribution < 1.29 is 9.53 Å². The molecule has 1 aromatic carbocycles. The Bertz CT molecular complexity index is 467. The molecule has 96 valence electrons. The number of likely N-dealkylation sites (N-methyl/N-ethyl adjacent to an activating group) is 1. The molecule has 0 amide bonds. The van der Waals surface area contributed by atoms with E-state index in [0.717, 1.165) is 17.8 Å². The maximum atomic E-state index is 11.8. The molecule has 0 radical (unpaired) electrons. The average molecular weight is 246 g/mol. The van der Waals surface area contributed by atoms with E-state index in [4.69, 9.17) is 4.74 Å². The number of hydrogen-bond donors (Lipinski definition) is 1. The van der Waals surface area contributed by atoms with Crippen LogP contribution >= 0.6 is 0 Å². The number of anilines is 1. The number of esters is 1. The molecule has 0 atom stereocenters. The second kappa shape index (κ2) is 5.69. The van der Waals surface area contributed by atoms with E-state index >= 15 is 0 Å². The van der Waals surface area contributed by atoms with E-state index < -0.39 is 0 Å². The van der Waals surface area contributed by atoms with Gasteiger partial charge in [0, 0.05) is 18.8 Å². The van der Waals surface area contributed by atoms with Crippen molar-refractivity contribution in [1.82, 2.24) is 4.90 Å². The molecule has 0 saturated heterocycles. The Hall–Kier alpha value is -1.81. The summed E-state index contributed by atoms with van der Waals surface area (Å²) in [5, 5.41) is 3.21. The number of para-hydroxylation sites is 1. The monoisotopic (exact) mass is 246 g/mol. The van der Waals surface area contributed by atoms with Crippen LogP contribution in [0.4, 0.5) is 5.69 Å². The van der Waals surface area contributed by atoms with Gasteiger partial charge in [-0.3, -0.25) is 0 Å². The molecule has 0 saturated carbocycles. The zero-order valence-electron chi connectivity index (χ0n) is 10.8. The molecule has 4 nitrogen and oxygen atoms in total. The quantitative estimate of drug-likeness (QED) is 0.819. The summed E-state index contributed by atoms with van der Waals surface area (Å²) in [5.41, 5.74) is 2.76. The summed E-state index contributed by atoms with van der Waals surface area (Å²) in [7, 11) is 3.90. The normalized spacial score (nSPS) is 13.6. The zero-order valence-corrected chi connectivity index (χ0v) is 10.8. The summed E-state index contributed by atoms with van der Waals surface area (Å²) in [5.74, 6) is -0.237. The van der Waals surface area contributed by atoms with Gasteiger partial charge in [-0.05, 0) is 31.8 Å². The van der Waals surface area contributed by atoms with Crippen molar-refractivity contribution in [3.8, 4) is 0 Å². The Morgan fingerprint density at radius 3 is 2.94 bits per heavy atom. The van der Waals surface area contributed by atoms with Crippen molar-refractivity contribution in [3.63, 3.8) is 0 Å². The van der Waals surface area contributed by atoms with Gasteiger partial charge in [0.15, 0.2) is 0 Å². The van der Waals surface area contributed by atoms with Gasteiger partial charge < -0.3 is 15.0 Å². The van der Waals surface area contributed by atoms with Crippen LogP contribution in [0.25, 0.3) is 6.08 Å². The minimum absolute atomic E-state index is 0.237. The van der Waals surface area contributed by atoms with E-state index in [1.165, 1.54) is 0 Å². The largest absolute Gasteiger partial charge is 0.461 e. The topological polar surface area (TPSA) is 41.6 Å². The number of carbonyl (C=O) groups is 1. The molecule has 1 aliphatic rings. The molecule has 0 spiro atoms. The molecular weight excluding hydrogens is 228 g/mol. The lowest BCUT2D eigenvalue weighted by Gasteiger charge is -2.18. The molecule has 18 heavy (non-hydrogen) atoms. The number of benzene rings is 1. The van der Waals surface area contributed by atoms with Gasteiger partial charge in [-0.15, -0.1) is 0 Å². The number of rotatable bonds is 4. The molecule has 1 aliphatic heterocycles. The molecule has 1 heterocycles. The minimum atomic E-state index is -0.237. The lowest BCUT2D eigenvalue weighted by atomic mass is 10.0. The second-order valence-corrected chi connectivity index (χ2v) is 4.55. The third kappa shape index (κ3) is 3.11. The third-order valence-corrected chi connectivity index (χ3v) is 2.79. The van der Waals surface area contributed by atoms with Gasteiger partial charge in [0.1, 0.15) is 6.61 Å². The van der Waals surface area contributed by atoms with Crippen molar-refractivity contribution in [2.24, 2.45) is 0 Å². The predicted octanol–water partition coefficient (Wildman–Crippen LogP) is 1.60. The molecule has 0 unspecified atom stereocenters. The van der Waals surface area contributed by atoms with E-state index in [-0.39, 0.29) is 5.97 Å². The lowest BCUT2D eigenvalue weighted by molar-refractivity contribution is -0.139. The first-order chi connectivity index (χ1) is 8.66. The van der Waals surface area contributed by atoms with Crippen molar-refractivity contribution in [3.05, 3.63) is 35.4 Å². The second-order valence-electron chi connectivity index (χ2n) is 4.55. The highest BCUT2D eigenvalue weighted by Crippen LogP contribution is 2.23. The number of ether oxygens (including phenoxy) is 1. The highest BCUT2D eigenvalue weighted by molar-refractivity contribution is 5.97. The van der Waals surface area contributed by atoms with Crippen LogP contribution in [0, 0.1) is 0 Å². The molecule has 1 N–H and O–H groups in total. The molecule has 0 aromatic heterocycles. The van der Waals surface area contributed by atoms with Crippen LogP contribution in [-0.2, 0) is 9.53 Å². The Morgan fingerprint density at radius 1 is 1.39 bits per heavy atom. The maximum Gasteiger partial charge on any atom is 0.335 e. The molecule has 0 aliphatic carbocycles. The first kappa shape index (κ1) is 12.6. The Kier molecular flexibility index (Phi) is 3.99. The van der Waals surface area contributed by atoms with Gasteiger partial charge in [-0.1, -0.05) is 18.2 Å². The Balaban J connectivity index is 1.98. The summed E-state index contributed by atoms with van der Waals surface area (Å²) in [4.78, 5) is 13.8. The molecule has 2 rings (SSSR count). The van der Waals surface area contributed by atoms with E-state index in [9.17, 15) is 4.79 Å². The van der Waals surface area contributed by atoms with Gasteiger partial charge in [0.25, 0.3) is 0 Å². The average Bonchev–Trinajstić information content (AvgIpc) is 2.37. The van der Waals surface area contributed by atoms with E-state index in [1.54, 1.807) is 0 Å². The fourth-order valence-electron chi connectivity index (χ4n) is 1.76. The lowest BCUT2D eigenvalue weighted by Crippen LogP contribution is -2.23. The van der Waals surface area contributed by atoms with Crippen molar-refractivity contribution in [2.75, 3.05) is 39.1 Å². The number of nitrogens with one attached hydrogen (secondary N) is 1. The molecule has 1 aromatic rings. The standard InChI is InChI=1S/C14H18N2O2/c1-16(2)7-8-18-14(17)12-9-11-5-3-4-6-13(11)15-10-12/h3-6,9,15H,7-8,10H2,1-2H3. The van der Waals surface area contributed by atoms with E-state index in [1.807, 2.05) is 49.3 Å². The number of carbonyl (C=O) groups excluding carboxylic acids is 1. The van der Waals surface area contributed by atoms with Gasteiger partial charge in [-0.2, -0.15) is 0 Å². The van der Waals surface area contributed by atoms with Gasteiger partial charge in [0.05, 0.1) is 5.57 Å². The third-order valence-electron chi connectivity index (χ3n) is 2.79. The van der Waals surface area contributed by atoms with Gasteiger partial charge in [0.2, 0.25) is 0 Å². The van der Waals surface area contributed by atoms with Crippen LogP contribution in [0.15, 0.2) is 29.8 Å². The van der Waals surface area contributed by atoms with Crippen LogP contribution < -0.4 is 5.32 Å². The van der Waals surface area contributed by atoms with Crippen LogP contribution in [0.1, 0.15) is 5.56 Å². The van der Waals surface area contributed by atoms with Crippen LogP contribution in [-0.4, -0.2) is 44.7 Å². The molecule has 4 heteroatoms. The van der Waals surface area contributed by atoms with Crippen molar-refractivity contribution in [1.29, 1.82) is 0 Å². The Labute approximate surface area is 107 Å². The van der Waals surface area contributed by atoms with Crippen LogP contribution in [0.5, 0.6) is 0 Å². The highest BCUT2D eigenvalue weighted by atomic mass is 16.5. The fraction of sp³-hybridized carbons (Fsp3) is 0.357. The SMILES string of the molecule is CN(C)CCOC(=O)C1=Cc2ccccc2NC1. The number of fused-ring (bicyclic) bond motifs is 1. The Morgan fingerprint density at radius 2 is 2.17 bits per heavy atom. The summed E-state index contributed by atoms with van der Waals surface area (Å²) in [6.07, 6.45) is 1.89. The smallest absolute Gasteiger partial charge is 0.335 e. The predicted molar refractivity (Wildman–Crippen MR) is 72.4 cm³/mol. The van der Waals surface area contributed by atoms with Crippen LogP contribution in [0.2, 0.25) is 0 Å². The summed E-state index contributed by atoms with van der Waals surface area (Å²) >= 11 is 0. The highest BCUT2D eigenvalue weighted by Gasteiger charge is 2.16. The van der Waals surface area contributed by atoms with Crippen LogP contribution in [0.3, 0.4) is 0 Å². The summed E-state index contributed by atoms with van der Waals surface area (Å²) < 4.78 is 5.22. The van der Waals surface area contributed by atoms with Crippen molar-refractivity contribution in [2.45, 2.75) is 0 Å².